The predicted molar refractivity (Wildman–Crippen MR) is 97.7 cm³/mol. The lowest BCUT2D eigenvalue weighted by Crippen LogP contribution is -2.40. The highest BCUT2D eigenvalue weighted by molar-refractivity contribution is 5.57. The van der Waals surface area contributed by atoms with Crippen LogP contribution in [0.4, 0.5) is 19.0 Å². The van der Waals surface area contributed by atoms with Gasteiger partial charge in [-0.25, -0.2) is 9.97 Å². The Bertz CT molecular complexity index is 1020. The standard InChI is InChI=1S/C20H19F3N4/c1-12-8-18-17(11-27(12)16-6-7-16)19(26-13(2)25-18)24-10-14-4-3-5-15(9-14)20(21,22)23/h3-5,8-9,11,16H,1,6-7,10H2,2H3,(H,24,25,26). The summed E-state index contributed by atoms with van der Waals surface area (Å²) in [6.07, 6.45) is 1.81. The number of nitrogens with one attached hydrogen (secondary N) is 1. The lowest BCUT2D eigenvalue weighted by molar-refractivity contribution is -0.137. The molecule has 0 radical (unpaired) electrons. The van der Waals surface area contributed by atoms with E-state index in [-0.39, 0.29) is 6.54 Å². The summed E-state index contributed by atoms with van der Waals surface area (Å²) in [7, 11) is 0. The van der Waals surface area contributed by atoms with Gasteiger partial charge in [-0.15, -0.1) is 0 Å². The summed E-state index contributed by atoms with van der Waals surface area (Å²) in [6.45, 7) is 6.13. The molecule has 1 aromatic carbocycles. The summed E-state index contributed by atoms with van der Waals surface area (Å²) in [5.41, 5.74) is 0.781. The molecule has 4 nitrogen and oxygen atoms in total. The maximum absolute atomic E-state index is 12.9. The molecule has 0 atom stereocenters. The summed E-state index contributed by atoms with van der Waals surface area (Å²) >= 11 is 0. The summed E-state index contributed by atoms with van der Waals surface area (Å²) < 4.78 is 38.7. The smallest absolute Gasteiger partial charge is 0.365 e. The third-order valence-electron chi connectivity index (χ3n) is 4.64. The fourth-order valence-corrected chi connectivity index (χ4v) is 3.17. The van der Waals surface area contributed by atoms with Crippen molar-refractivity contribution in [2.45, 2.75) is 38.5 Å². The Balaban J connectivity index is 1.65. The van der Waals surface area contributed by atoms with Crippen LogP contribution in [0.2, 0.25) is 0 Å². The lowest BCUT2D eigenvalue weighted by atomic mass is 10.1. The van der Waals surface area contributed by atoms with Crippen LogP contribution in [0.3, 0.4) is 0 Å². The van der Waals surface area contributed by atoms with Crippen molar-refractivity contribution in [3.63, 3.8) is 0 Å². The molecule has 7 heteroatoms. The molecular formula is C20H19F3N4. The van der Waals surface area contributed by atoms with Gasteiger partial charge in [0, 0.05) is 24.5 Å². The van der Waals surface area contributed by atoms with E-state index >= 15 is 0 Å². The highest BCUT2D eigenvalue weighted by Gasteiger charge is 2.31. The van der Waals surface area contributed by atoms with Crippen LogP contribution in [0.5, 0.6) is 0 Å². The van der Waals surface area contributed by atoms with Crippen molar-refractivity contribution in [1.29, 1.82) is 0 Å². The van der Waals surface area contributed by atoms with Crippen molar-refractivity contribution in [1.82, 2.24) is 14.9 Å². The average Bonchev–Trinajstić information content (AvgIpc) is 3.43. The molecule has 1 aliphatic carbocycles. The van der Waals surface area contributed by atoms with E-state index < -0.39 is 11.7 Å². The average molecular weight is 372 g/mol. The highest BCUT2D eigenvalue weighted by atomic mass is 19.4. The normalized spacial score (nSPS) is 16.4. The van der Waals surface area contributed by atoms with E-state index in [1.165, 1.54) is 6.07 Å². The van der Waals surface area contributed by atoms with Crippen LogP contribution >= 0.6 is 0 Å². The zero-order valence-corrected chi connectivity index (χ0v) is 14.8. The molecular weight excluding hydrogens is 353 g/mol. The molecule has 4 rings (SSSR count). The minimum absolute atomic E-state index is 0.241. The van der Waals surface area contributed by atoms with Gasteiger partial charge in [0.15, 0.2) is 0 Å². The molecule has 1 N–H and O–H groups in total. The number of hydrogen-bond acceptors (Lipinski definition) is 4. The summed E-state index contributed by atoms with van der Waals surface area (Å²) in [4.78, 5) is 11.0. The molecule has 2 aliphatic rings. The fraction of sp³-hybridized carbons (Fsp3) is 0.300. The van der Waals surface area contributed by atoms with Gasteiger partial charge >= 0.3 is 6.18 Å². The molecule has 27 heavy (non-hydrogen) atoms. The Hall–Kier alpha value is -2.83. The molecule has 2 heterocycles. The highest BCUT2D eigenvalue weighted by Crippen LogP contribution is 2.31. The molecule has 0 amide bonds. The number of alkyl halides is 3. The monoisotopic (exact) mass is 372 g/mol. The number of aromatic nitrogens is 2. The van der Waals surface area contributed by atoms with Crippen LogP contribution in [0.1, 0.15) is 29.8 Å². The number of rotatable bonds is 4. The number of fused-ring (bicyclic) bond motifs is 1. The van der Waals surface area contributed by atoms with Crippen molar-refractivity contribution in [3.8, 4) is 0 Å². The van der Waals surface area contributed by atoms with Gasteiger partial charge in [0.25, 0.3) is 0 Å². The Labute approximate surface area is 154 Å². The Kier molecular flexibility index (Phi) is 4.17. The summed E-state index contributed by atoms with van der Waals surface area (Å²) in [5.74, 6) is 1.21. The zero-order chi connectivity index (χ0) is 19.2. The van der Waals surface area contributed by atoms with Crippen molar-refractivity contribution in [2.24, 2.45) is 0 Å². The van der Waals surface area contributed by atoms with Crippen LogP contribution in [0.25, 0.3) is 12.3 Å². The molecule has 2 aromatic rings. The molecule has 1 aliphatic heterocycles. The molecule has 0 bridgehead atoms. The van der Waals surface area contributed by atoms with Gasteiger partial charge in [-0.1, -0.05) is 18.7 Å². The number of nitrogens with zero attached hydrogens (tertiary/aromatic N) is 3. The van der Waals surface area contributed by atoms with Crippen molar-refractivity contribution >= 4 is 18.1 Å². The van der Waals surface area contributed by atoms with E-state index in [1.807, 2.05) is 12.3 Å². The third-order valence-corrected chi connectivity index (χ3v) is 4.64. The second-order valence-corrected chi connectivity index (χ2v) is 6.87. The van der Waals surface area contributed by atoms with E-state index in [2.05, 4.69) is 26.8 Å². The van der Waals surface area contributed by atoms with Gasteiger partial charge in [-0.2, -0.15) is 13.2 Å². The van der Waals surface area contributed by atoms with E-state index in [4.69, 9.17) is 0 Å². The first-order chi connectivity index (χ1) is 12.8. The lowest BCUT2D eigenvalue weighted by Gasteiger charge is -2.23. The number of aryl methyl sites for hydroxylation is 1. The second kappa shape index (κ2) is 6.40. The van der Waals surface area contributed by atoms with E-state index in [9.17, 15) is 13.2 Å². The number of halogens is 3. The van der Waals surface area contributed by atoms with Crippen LogP contribution in [0, 0.1) is 6.92 Å². The first kappa shape index (κ1) is 17.6. The van der Waals surface area contributed by atoms with Gasteiger partial charge in [0.05, 0.1) is 16.1 Å². The third kappa shape index (κ3) is 3.67. The Morgan fingerprint density at radius 3 is 2.74 bits per heavy atom. The second-order valence-electron chi connectivity index (χ2n) is 6.87. The molecule has 1 fully saturated rings. The van der Waals surface area contributed by atoms with E-state index in [0.29, 0.717) is 23.2 Å². The van der Waals surface area contributed by atoms with Gasteiger partial charge in [-0.3, -0.25) is 0 Å². The Morgan fingerprint density at radius 2 is 2.04 bits per heavy atom. The van der Waals surface area contributed by atoms with Crippen molar-refractivity contribution < 1.29 is 13.2 Å². The first-order valence-corrected chi connectivity index (χ1v) is 8.77. The van der Waals surface area contributed by atoms with Crippen LogP contribution in [0.15, 0.2) is 36.5 Å². The number of allylic oxidation sites excluding steroid dienone is 1. The van der Waals surface area contributed by atoms with E-state index in [0.717, 1.165) is 41.2 Å². The minimum Gasteiger partial charge on any atom is -0.365 e. The van der Waals surface area contributed by atoms with Crippen LogP contribution in [-0.4, -0.2) is 20.9 Å². The Morgan fingerprint density at radius 1 is 1.26 bits per heavy atom. The predicted octanol–water partition coefficient (Wildman–Crippen LogP) is 2.93. The van der Waals surface area contributed by atoms with Gasteiger partial charge in [0.1, 0.15) is 11.6 Å². The van der Waals surface area contributed by atoms with Crippen molar-refractivity contribution in [2.75, 3.05) is 5.32 Å². The topological polar surface area (TPSA) is 41.1 Å². The summed E-state index contributed by atoms with van der Waals surface area (Å²) in [6, 6.07) is 5.76. The van der Waals surface area contributed by atoms with Crippen molar-refractivity contribution in [3.05, 3.63) is 64.1 Å². The maximum atomic E-state index is 12.9. The quantitative estimate of drug-likeness (QED) is 0.896. The SMILES string of the molecule is C=C1C=c2nc(C)nc(NCc3cccc(C(F)(F)F)c3)c2=CN1C1CC1. The first-order valence-electron chi connectivity index (χ1n) is 8.77. The van der Waals surface area contributed by atoms with E-state index in [1.54, 1.807) is 13.0 Å². The molecule has 0 spiro atoms. The zero-order valence-electron chi connectivity index (χ0n) is 14.8. The number of hydrogen-bond donors (Lipinski definition) is 1. The molecule has 0 unspecified atom stereocenters. The number of benzene rings is 1. The number of anilines is 1. The molecule has 1 aromatic heterocycles. The largest absolute Gasteiger partial charge is 0.416 e. The van der Waals surface area contributed by atoms with Crippen LogP contribution < -0.4 is 15.9 Å². The fourth-order valence-electron chi connectivity index (χ4n) is 3.17. The van der Waals surface area contributed by atoms with Gasteiger partial charge < -0.3 is 10.2 Å². The maximum Gasteiger partial charge on any atom is 0.416 e. The van der Waals surface area contributed by atoms with Gasteiger partial charge in [-0.05, 0) is 43.5 Å². The molecule has 1 saturated carbocycles. The molecule has 140 valence electrons. The van der Waals surface area contributed by atoms with Gasteiger partial charge in [0.2, 0.25) is 0 Å². The summed E-state index contributed by atoms with van der Waals surface area (Å²) in [5, 5.41) is 4.79. The van der Waals surface area contributed by atoms with Crippen LogP contribution in [-0.2, 0) is 12.7 Å². The molecule has 0 saturated heterocycles. The minimum atomic E-state index is -4.35.